The van der Waals surface area contributed by atoms with Crippen LogP contribution in [-0.2, 0) is 94.3 Å². The van der Waals surface area contributed by atoms with Crippen LogP contribution < -0.4 is 97.0 Å². The first-order valence-corrected chi connectivity index (χ1v) is 38.9. The molecule has 41 heteroatoms. The number of carboxylic acids is 2. The molecule has 0 radical (unpaired) electrons. The van der Waals surface area contributed by atoms with E-state index in [0.29, 0.717) is 22.0 Å². The van der Waals surface area contributed by atoms with Crippen molar-refractivity contribution in [2.75, 3.05) is 32.8 Å². The number of nitrogens with two attached hydrogens (primary N) is 3. The number of hydrogen-bond acceptors (Lipinski definition) is 20. The number of fused-ring (bicyclic) bond motifs is 2. The number of aliphatic hydroxyl groups is 1. The average molecular weight is 1660 g/mol. The normalized spacial score (nSPS) is 14.6. The second-order valence-electron chi connectivity index (χ2n) is 30.6. The number of primary amides is 1. The van der Waals surface area contributed by atoms with E-state index in [2.05, 4.69) is 89.7 Å². The Bertz CT molecular complexity index is 4220. The summed E-state index contributed by atoms with van der Waals surface area (Å²) in [6, 6.07) is -4.02. The third-order valence-electron chi connectivity index (χ3n) is 19.1. The van der Waals surface area contributed by atoms with E-state index in [4.69, 9.17) is 27.7 Å². The number of H-pyrrole nitrogens is 2. The fourth-order valence-corrected chi connectivity index (χ4v) is 12.2. The molecule has 4 aromatic rings. The van der Waals surface area contributed by atoms with Crippen molar-refractivity contribution in [3.05, 3.63) is 72.1 Å². The molecule has 4 rings (SSSR count). The minimum Gasteiger partial charge on any atom is -0.481 e. The van der Waals surface area contributed by atoms with Crippen molar-refractivity contribution in [2.45, 2.75) is 207 Å². The molecule has 118 heavy (non-hydrogen) atoms. The Hall–Kier alpha value is -12.3. The number of hydrogen-bond donors (Lipinski definition) is 24. The molecule has 0 aliphatic heterocycles. The van der Waals surface area contributed by atoms with Crippen LogP contribution in [0.4, 0.5) is 0 Å². The summed E-state index contributed by atoms with van der Waals surface area (Å²) in [5.41, 5.74) is 19.5. The lowest BCUT2D eigenvalue weighted by Gasteiger charge is -2.30. The van der Waals surface area contributed by atoms with Gasteiger partial charge in [0.1, 0.15) is 73.0 Å². The van der Waals surface area contributed by atoms with Crippen molar-refractivity contribution in [3.63, 3.8) is 0 Å². The summed E-state index contributed by atoms with van der Waals surface area (Å²) in [5.74, 6) is -21.4. The number of aromatic nitrogens is 2. The van der Waals surface area contributed by atoms with Gasteiger partial charge in [-0.15, -0.1) is 0 Å². The summed E-state index contributed by atoms with van der Waals surface area (Å²) in [4.78, 5) is 237. The topological polar surface area (TPSA) is 665 Å². The minimum absolute atomic E-state index is 0.0114. The molecule has 0 aliphatic carbocycles. The highest BCUT2D eigenvalue weighted by Gasteiger charge is 2.39. The summed E-state index contributed by atoms with van der Waals surface area (Å²) in [6.07, 6.45) is 0.921. The van der Waals surface area contributed by atoms with Gasteiger partial charge in [0, 0.05) is 53.6 Å². The van der Waals surface area contributed by atoms with Crippen molar-refractivity contribution < 1.29 is 96.8 Å². The fraction of sp³-hybridized carbons (Fsp3) is 0.558. The quantitative estimate of drug-likeness (QED) is 0.0113. The van der Waals surface area contributed by atoms with Gasteiger partial charge in [0.05, 0.1) is 38.6 Å². The molecule has 2 heterocycles. The predicted octanol–water partition coefficient (Wildman–Crippen LogP) is -4.15. The molecule has 27 N–H and O–H groups in total. The molecular formula is C77H117N21O20. The smallest absolute Gasteiger partial charge is 0.322 e. The summed E-state index contributed by atoms with van der Waals surface area (Å²) >= 11 is 0. The number of guanidine groups is 1. The number of carbonyl (C=O) groups excluding carboxylic acids is 15. The number of carboxylic acid groups (broad SMARTS) is 2. The van der Waals surface area contributed by atoms with Crippen LogP contribution in [0.3, 0.4) is 0 Å². The first-order chi connectivity index (χ1) is 55.5. The third kappa shape index (κ3) is 31.7. The Morgan fingerprint density at radius 1 is 0.415 bits per heavy atom. The Labute approximate surface area is 682 Å². The zero-order valence-corrected chi connectivity index (χ0v) is 68.4. The van der Waals surface area contributed by atoms with Gasteiger partial charge in [-0.05, 0) is 78.0 Å². The van der Waals surface area contributed by atoms with E-state index in [-0.39, 0.29) is 56.9 Å². The molecule has 0 fully saturated rings. The van der Waals surface area contributed by atoms with Gasteiger partial charge in [-0.3, -0.25) is 86.9 Å². The molecular weight excluding hydrogens is 1540 g/mol. The summed E-state index contributed by atoms with van der Waals surface area (Å²) < 4.78 is 0. The van der Waals surface area contributed by atoms with E-state index in [9.17, 15) is 91.7 Å². The number of aliphatic hydroxyl groups excluding tert-OH is 1. The number of aromatic amines is 2. The van der Waals surface area contributed by atoms with Gasteiger partial charge in [0.25, 0.3) is 0 Å². The second kappa shape index (κ2) is 47.7. The maximum absolute atomic E-state index is 14.7. The molecule has 15 amide bonds. The molecule has 0 bridgehead atoms. The van der Waals surface area contributed by atoms with E-state index in [1.54, 1.807) is 118 Å². The predicted molar refractivity (Wildman–Crippen MR) is 430 cm³/mol. The lowest BCUT2D eigenvalue weighted by atomic mass is 9.95. The Morgan fingerprint density at radius 3 is 1.28 bits per heavy atom. The van der Waals surface area contributed by atoms with Gasteiger partial charge < -0.3 is 122 Å². The van der Waals surface area contributed by atoms with E-state index in [1.165, 1.54) is 13.8 Å². The van der Waals surface area contributed by atoms with Gasteiger partial charge in [-0.25, -0.2) is 0 Å². The zero-order chi connectivity index (χ0) is 88.5. The Balaban J connectivity index is 1.51. The van der Waals surface area contributed by atoms with Crippen molar-refractivity contribution in [2.24, 2.45) is 52.7 Å². The highest BCUT2D eigenvalue weighted by molar-refractivity contribution is 6.02. The molecule has 2 aromatic carbocycles. The minimum atomic E-state index is -1.93. The molecule has 13 atom stereocenters. The SMILES string of the molecule is CC[C@H](C)[C@H](NC(=O)[C@H](CC(C)C)NC(=O)[C@H](CO)NC(=O)[C@H](CC(N)=O)NC(=O)CNC(=O)[C@H](Cc1c[nH]c2ccccc12)NC(=O)[C@@H](N)C(C)C)C(=O)N[C@H](C(=O)NCC(=O)N[C@@H](CCCNC(=N)N)C(=O)N[C@@H](Cc1c[nH]c2ccccc12)C(=O)N[C@@H](CC(=O)O)C(=O)N[C@H](C(=O)N[C@H](C(=O)NCC(=O)O)C(C)C)C(C)C)C(C)C. The van der Waals surface area contributed by atoms with Crippen LogP contribution >= 0.6 is 0 Å². The highest BCUT2D eigenvalue weighted by Crippen LogP contribution is 2.22. The molecule has 0 saturated heterocycles. The monoisotopic (exact) mass is 1660 g/mol. The van der Waals surface area contributed by atoms with Gasteiger partial charge in [0.2, 0.25) is 88.6 Å². The van der Waals surface area contributed by atoms with Crippen molar-refractivity contribution >= 4 is 128 Å². The van der Waals surface area contributed by atoms with E-state index in [0.717, 1.165) is 10.9 Å². The Morgan fingerprint density at radius 2 is 0.805 bits per heavy atom. The van der Waals surface area contributed by atoms with E-state index in [1.807, 2.05) is 12.1 Å². The molecule has 2 aromatic heterocycles. The number of carbonyl (C=O) groups is 17. The molecule has 0 unspecified atom stereocenters. The molecule has 0 saturated carbocycles. The second-order valence-corrected chi connectivity index (χ2v) is 30.6. The largest absolute Gasteiger partial charge is 0.481 e. The number of benzene rings is 2. The molecule has 650 valence electrons. The van der Waals surface area contributed by atoms with Crippen LogP contribution in [-0.4, -0.2) is 237 Å². The lowest BCUT2D eigenvalue weighted by molar-refractivity contribution is -0.142. The first kappa shape index (κ1) is 98.1. The molecule has 0 aliphatic rings. The number of amides is 15. The zero-order valence-electron chi connectivity index (χ0n) is 68.4. The van der Waals surface area contributed by atoms with Crippen LogP contribution in [0.1, 0.15) is 133 Å². The van der Waals surface area contributed by atoms with Crippen LogP contribution in [0.5, 0.6) is 0 Å². The number of aliphatic carboxylic acids is 2. The fourth-order valence-electron chi connectivity index (χ4n) is 12.2. The average Bonchev–Trinajstić information content (AvgIpc) is 1.67. The summed E-state index contributed by atoms with van der Waals surface area (Å²) in [6.45, 7) is 15.9. The van der Waals surface area contributed by atoms with Crippen LogP contribution in [0.25, 0.3) is 21.8 Å². The van der Waals surface area contributed by atoms with E-state index < -0.39 is 242 Å². The highest BCUT2D eigenvalue weighted by atomic mass is 16.4. The van der Waals surface area contributed by atoms with Crippen LogP contribution in [0.15, 0.2) is 60.9 Å². The summed E-state index contributed by atoms with van der Waals surface area (Å²) in [7, 11) is 0. The summed E-state index contributed by atoms with van der Waals surface area (Å²) in [5, 5.41) is 75.7. The third-order valence-corrected chi connectivity index (χ3v) is 19.1. The van der Waals surface area contributed by atoms with E-state index >= 15 is 0 Å². The number of nitrogens with one attached hydrogen (secondary N) is 18. The van der Waals surface area contributed by atoms with Crippen molar-refractivity contribution in [1.29, 1.82) is 5.41 Å². The van der Waals surface area contributed by atoms with Gasteiger partial charge in [0.15, 0.2) is 5.96 Å². The molecule has 0 spiro atoms. The van der Waals surface area contributed by atoms with Gasteiger partial charge in [-0.2, -0.15) is 0 Å². The van der Waals surface area contributed by atoms with Crippen LogP contribution in [0.2, 0.25) is 0 Å². The van der Waals surface area contributed by atoms with Crippen molar-refractivity contribution in [1.82, 2.24) is 89.7 Å². The maximum Gasteiger partial charge on any atom is 0.322 e. The number of para-hydroxylation sites is 2. The van der Waals surface area contributed by atoms with Gasteiger partial charge in [-0.1, -0.05) is 126 Å². The van der Waals surface area contributed by atoms with Crippen molar-refractivity contribution in [3.8, 4) is 0 Å². The maximum atomic E-state index is 14.7. The Kier molecular flexibility index (Phi) is 39.6. The van der Waals surface area contributed by atoms with Crippen LogP contribution in [0, 0.1) is 40.9 Å². The number of rotatable bonds is 50. The molecule has 41 nitrogen and oxygen atoms in total. The standard InChI is InChI=1S/C77H117N21O20/c1-13-41(12)64(98-69(111)49(25-36(2)3)90-71(113)54(35-99)94-68(110)52(28-55(78)100)89-57(102)32-85-65(107)50(93-72(114)60(79)37(4)5)26-42-30-83-46-21-16-14-19-44(42)46)76(118)97-61(38(6)7)73(115)86-33-56(101)88-48(23-18-24-82-77(80)81)66(108)91-51(27-43-31-84-47-22-17-15-20-45(43)47)67(109)92-53(29-58(103)104)70(112)95-63(40(10)11)75(117)96-62(39(8)9)74(116)87-34-59(105)106/h14-17,19-22,30-31,36-41,48-54,60-64,83-84,99H,13,18,23-29,32-35,79H2,1-12H3,(H2,78,100)(H,85,107)(H,86,115)(H,87,116)(H,88,101)(H,89,102)(H,90,113)(H,91,108)(H,92,109)(H,93,114)(H,94,110)(H,95,112)(H,96,117)(H,97,118)(H,98,111)(H,103,104)(H,105,106)(H4,80,81,82)/t41-,48-,49-,50-,51-,52-,53-,54-,60-,61-,62-,63-,64-/m0/s1. The first-order valence-electron chi connectivity index (χ1n) is 38.9. The van der Waals surface area contributed by atoms with Gasteiger partial charge >= 0.3 is 11.9 Å². The lowest BCUT2D eigenvalue weighted by Crippen LogP contribution is -2.61.